The van der Waals surface area contributed by atoms with Crippen LogP contribution in [0.1, 0.15) is 44.5 Å². The first-order chi connectivity index (χ1) is 15.7. The molecule has 3 rings (SSSR count). The molecule has 0 N–H and O–H groups in total. The van der Waals surface area contributed by atoms with Crippen molar-refractivity contribution < 1.29 is 14.3 Å². The number of hydrogen-bond donors (Lipinski definition) is 0. The van der Waals surface area contributed by atoms with Gasteiger partial charge in [0.25, 0.3) is 5.56 Å². The van der Waals surface area contributed by atoms with Gasteiger partial charge in [0.05, 0.1) is 30.9 Å². The molecule has 0 unspecified atom stereocenters. The monoisotopic (exact) mass is 737 g/mol. The number of carbonyl (C=O) groups excluding carboxylic acids is 1. The summed E-state index contributed by atoms with van der Waals surface area (Å²) in [6.07, 6.45) is 2.46. The summed E-state index contributed by atoms with van der Waals surface area (Å²) < 4.78 is 14.4. The van der Waals surface area contributed by atoms with Crippen LogP contribution in [0.4, 0.5) is 0 Å². The van der Waals surface area contributed by atoms with Crippen LogP contribution >= 0.6 is 61.1 Å². The maximum absolute atomic E-state index is 13.3. The molecule has 0 radical (unpaired) electrons. The Labute approximate surface area is 227 Å². The molecule has 174 valence electrons. The SMILES string of the molecule is CCOC(=O)COc1c(I)cc(C=Nn2c([C@@H](C)CC)nc3ccc(Br)cc3c2=O)cc1I. The van der Waals surface area contributed by atoms with Crippen molar-refractivity contribution in [3.8, 4) is 5.75 Å². The van der Waals surface area contributed by atoms with Crippen LogP contribution in [0.2, 0.25) is 0 Å². The summed E-state index contributed by atoms with van der Waals surface area (Å²) in [7, 11) is 0. The van der Waals surface area contributed by atoms with Crippen LogP contribution in [0.5, 0.6) is 5.75 Å². The second-order valence-electron chi connectivity index (χ2n) is 7.21. The number of halogens is 3. The number of ether oxygens (including phenoxy) is 2. The van der Waals surface area contributed by atoms with E-state index in [4.69, 9.17) is 14.5 Å². The minimum atomic E-state index is -0.415. The Morgan fingerprint density at radius 3 is 2.58 bits per heavy atom. The molecule has 2 aromatic carbocycles. The molecule has 0 saturated carbocycles. The summed E-state index contributed by atoms with van der Waals surface area (Å²) in [5.41, 5.74) is 1.23. The summed E-state index contributed by atoms with van der Waals surface area (Å²) in [5.74, 6) is 0.868. The van der Waals surface area contributed by atoms with Crippen LogP contribution in [-0.4, -0.2) is 35.1 Å². The van der Waals surface area contributed by atoms with Gasteiger partial charge in [-0.25, -0.2) is 9.78 Å². The molecule has 0 bridgehead atoms. The van der Waals surface area contributed by atoms with Gasteiger partial charge in [0, 0.05) is 10.4 Å². The maximum Gasteiger partial charge on any atom is 0.344 e. The van der Waals surface area contributed by atoms with Gasteiger partial charge in [0.1, 0.15) is 11.6 Å². The molecule has 0 aliphatic heterocycles. The minimum absolute atomic E-state index is 0.0572. The second-order valence-corrected chi connectivity index (χ2v) is 10.4. The average molecular weight is 738 g/mol. The van der Waals surface area contributed by atoms with E-state index < -0.39 is 5.97 Å². The highest BCUT2D eigenvalue weighted by atomic mass is 127. The van der Waals surface area contributed by atoms with Crippen LogP contribution in [0.25, 0.3) is 10.9 Å². The van der Waals surface area contributed by atoms with Crippen LogP contribution in [0.3, 0.4) is 0 Å². The number of hydrogen-bond acceptors (Lipinski definition) is 6. The standard InChI is InChI=1S/C23H22BrI2N3O4/c1-4-13(3)22-28-19-7-6-15(24)10-16(19)23(31)29(22)27-11-14-8-17(25)21(18(26)9-14)33-12-20(30)32-5-2/h6-11,13H,4-5,12H2,1-3H3/t13-/m0/s1. The Hall–Kier alpha value is -1.54. The molecule has 1 atom stereocenters. The smallest absolute Gasteiger partial charge is 0.344 e. The number of esters is 1. The van der Waals surface area contributed by atoms with E-state index in [1.165, 1.54) is 4.68 Å². The van der Waals surface area contributed by atoms with E-state index in [1.807, 2.05) is 31.2 Å². The lowest BCUT2D eigenvalue weighted by molar-refractivity contribution is -0.145. The third-order valence-electron chi connectivity index (χ3n) is 4.87. The lowest BCUT2D eigenvalue weighted by Gasteiger charge is -2.14. The summed E-state index contributed by atoms with van der Waals surface area (Å²) in [4.78, 5) is 29.6. The largest absolute Gasteiger partial charge is 0.480 e. The summed E-state index contributed by atoms with van der Waals surface area (Å²) >= 11 is 7.72. The first kappa shape index (κ1) is 26.1. The van der Waals surface area contributed by atoms with Gasteiger partial charge in [0.15, 0.2) is 6.61 Å². The van der Waals surface area contributed by atoms with E-state index in [0.717, 1.165) is 23.6 Å². The summed E-state index contributed by atoms with van der Waals surface area (Å²) in [6.45, 7) is 5.99. The molecular formula is C23H22BrI2N3O4. The fraction of sp³-hybridized carbons (Fsp3) is 0.304. The molecule has 3 aromatic rings. The molecule has 7 nitrogen and oxygen atoms in total. The van der Waals surface area contributed by atoms with Gasteiger partial charge < -0.3 is 9.47 Å². The number of nitrogens with zero attached hydrogens (tertiary/aromatic N) is 3. The highest BCUT2D eigenvalue weighted by molar-refractivity contribution is 14.1. The average Bonchev–Trinajstić information content (AvgIpc) is 2.77. The molecule has 0 fully saturated rings. The van der Waals surface area contributed by atoms with E-state index in [2.05, 4.69) is 73.1 Å². The number of aromatic nitrogens is 2. The lowest BCUT2D eigenvalue weighted by atomic mass is 10.1. The number of rotatable bonds is 8. The molecule has 1 heterocycles. The lowest BCUT2D eigenvalue weighted by Crippen LogP contribution is -2.23. The molecule has 33 heavy (non-hydrogen) atoms. The van der Waals surface area contributed by atoms with Gasteiger partial charge >= 0.3 is 5.97 Å². The maximum atomic E-state index is 13.3. The Balaban J connectivity index is 1.99. The quantitative estimate of drug-likeness (QED) is 0.168. The predicted molar refractivity (Wildman–Crippen MR) is 149 cm³/mol. The molecule has 0 aliphatic carbocycles. The fourth-order valence-electron chi connectivity index (χ4n) is 3.03. The third-order valence-corrected chi connectivity index (χ3v) is 6.96. The molecule has 0 saturated heterocycles. The molecular weight excluding hydrogens is 716 g/mol. The van der Waals surface area contributed by atoms with Gasteiger partial charge in [0.2, 0.25) is 0 Å². The van der Waals surface area contributed by atoms with E-state index in [1.54, 1.807) is 19.2 Å². The van der Waals surface area contributed by atoms with Crippen molar-refractivity contribution in [3.63, 3.8) is 0 Å². The zero-order valence-electron chi connectivity index (χ0n) is 18.3. The van der Waals surface area contributed by atoms with Crippen molar-refractivity contribution in [2.45, 2.75) is 33.1 Å². The van der Waals surface area contributed by atoms with Gasteiger partial charge in [-0.15, -0.1) is 0 Å². The van der Waals surface area contributed by atoms with Crippen molar-refractivity contribution in [1.29, 1.82) is 0 Å². The normalized spacial score (nSPS) is 12.3. The van der Waals surface area contributed by atoms with Crippen LogP contribution < -0.4 is 10.3 Å². The molecule has 0 spiro atoms. The van der Waals surface area contributed by atoms with Gasteiger partial charge in [-0.05, 0) is 94.4 Å². The van der Waals surface area contributed by atoms with Crippen molar-refractivity contribution >= 4 is 84.2 Å². The van der Waals surface area contributed by atoms with Gasteiger partial charge in [-0.1, -0.05) is 29.8 Å². The van der Waals surface area contributed by atoms with E-state index in [9.17, 15) is 9.59 Å². The number of fused-ring (bicyclic) bond motifs is 1. The first-order valence-electron chi connectivity index (χ1n) is 10.3. The Kier molecular flexibility index (Phi) is 9.27. The third kappa shape index (κ3) is 6.32. The minimum Gasteiger partial charge on any atom is -0.480 e. The molecule has 0 amide bonds. The highest BCUT2D eigenvalue weighted by Gasteiger charge is 2.16. The topological polar surface area (TPSA) is 82.8 Å². The fourth-order valence-corrected chi connectivity index (χ4v) is 5.52. The van der Waals surface area contributed by atoms with Crippen molar-refractivity contribution in [2.75, 3.05) is 13.2 Å². The predicted octanol–water partition coefficient (Wildman–Crippen LogP) is 5.71. The van der Waals surface area contributed by atoms with E-state index in [0.29, 0.717) is 29.1 Å². The highest BCUT2D eigenvalue weighted by Crippen LogP contribution is 2.29. The Morgan fingerprint density at radius 1 is 1.24 bits per heavy atom. The van der Waals surface area contributed by atoms with Crippen molar-refractivity contribution in [1.82, 2.24) is 9.66 Å². The molecule has 0 aliphatic rings. The number of benzene rings is 2. The van der Waals surface area contributed by atoms with Crippen LogP contribution in [0, 0.1) is 7.14 Å². The van der Waals surface area contributed by atoms with Gasteiger partial charge in [-0.2, -0.15) is 9.78 Å². The Morgan fingerprint density at radius 2 is 1.94 bits per heavy atom. The number of carbonyl (C=O) groups is 1. The van der Waals surface area contributed by atoms with Crippen molar-refractivity contribution in [3.05, 3.63) is 63.7 Å². The Bertz CT molecular complexity index is 1250. The zero-order chi connectivity index (χ0) is 24.1. The zero-order valence-corrected chi connectivity index (χ0v) is 24.2. The summed E-state index contributed by atoms with van der Waals surface area (Å²) in [6, 6.07) is 9.23. The first-order valence-corrected chi connectivity index (χ1v) is 13.2. The van der Waals surface area contributed by atoms with Crippen molar-refractivity contribution in [2.24, 2.45) is 5.10 Å². The second kappa shape index (κ2) is 11.7. The van der Waals surface area contributed by atoms with E-state index >= 15 is 0 Å². The van der Waals surface area contributed by atoms with Gasteiger partial charge in [-0.3, -0.25) is 4.79 Å². The van der Waals surface area contributed by atoms with E-state index in [-0.39, 0.29) is 18.1 Å². The molecule has 1 aromatic heterocycles. The molecule has 10 heteroatoms. The van der Waals surface area contributed by atoms with Crippen LogP contribution in [0.15, 0.2) is 44.7 Å². The van der Waals surface area contributed by atoms with Crippen LogP contribution in [-0.2, 0) is 9.53 Å². The summed E-state index contributed by atoms with van der Waals surface area (Å²) in [5, 5.41) is 5.02.